The van der Waals surface area contributed by atoms with Crippen molar-refractivity contribution in [3.8, 4) is 0 Å². The van der Waals surface area contributed by atoms with Gasteiger partial charge in [-0.2, -0.15) is 0 Å². The van der Waals surface area contributed by atoms with E-state index in [-0.39, 0.29) is 11.4 Å². The molecule has 0 radical (unpaired) electrons. The molecule has 122 valence electrons. The lowest BCUT2D eigenvalue weighted by molar-refractivity contribution is 0.0442. The van der Waals surface area contributed by atoms with E-state index in [1.54, 1.807) is 19.1 Å². The molecule has 2 N–H and O–H groups in total. The molecule has 0 aliphatic heterocycles. The maximum atomic E-state index is 12.5. The molecule has 1 unspecified atom stereocenters. The fourth-order valence-corrected chi connectivity index (χ4v) is 4.61. The van der Waals surface area contributed by atoms with Crippen molar-refractivity contribution in [2.75, 3.05) is 6.54 Å². The second-order valence-electron chi connectivity index (χ2n) is 5.88. The number of rotatable bonds is 4. The van der Waals surface area contributed by atoms with Crippen molar-refractivity contribution in [2.45, 2.75) is 30.3 Å². The van der Waals surface area contributed by atoms with Crippen molar-refractivity contribution in [3.05, 3.63) is 64.2 Å². The highest BCUT2D eigenvalue weighted by molar-refractivity contribution is 7.89. The Labute approximate surface area is 141 Å². The maximum Gasteiger partial charge on any atom is 0.240 e. The molecule has 0 heterocycles. The minimum Gasteiger partial charge on any atom is -0.384 e. The lowest BCUT2D eigenvalue weighted by Gasteiger charge is -2.24. The first kappa shape index (κ1) is 16.5. The van der Waals surface area contributed by atoms with Gasteiger partial charge in [0.05, 0.1) is 4.90 Å². The van der Waals surface area contributed by atoms with Gasteiger partial charge in [0.25, 0.3) is 0 Å². The molecule has 1 atom stereocenters. The summed E-state index contributed by atoms with van der Waals surface area (Å²) in [6.07, 6.45) is 1.24. The number of aryl methyl sites for hydroxylation is 1. The molecule has 1 aliphatic rings. The van der Waals surface area contributed by atoms with Crippen molar-refractivity contribution in [3.63, 3.8) is 0 Å². The molecule has 0 bridgehead atoms. The van der Waals surface area contributed by atoms with E-state index in [1.165, 1.54) is 6.07 Å². The van der Waals surface area contributed by atoms with Crippen LogP contribution in [-0.2, 0) is 22.0 Å². The SMILES string of the molecule is Cc1c(Cl)cccc1S(=O)(=O)NCC1(O)CCc2ccccc21. The van der Waals surface area contributed by atoms with Crippen LogP contribution in [0.15, 0.2) is 47.4 Å². The Hall–Kier alpha value is -1.40. The van der Waals surface area contributed by atoms with Crippen LogP contribution >= 0.6 is 11.6 Å². The van der Waals surface area contributed by atoms with Gasteiger partial charge in [-0.3, -0.25) is 0 Å². The molecule has 0 saturated heterocycles. The largest absolute Gasteiger partial charge is 0.384 e. The summed E-state index contributed by atoms with van der Waals surface area (Å²) in [6.45, 7) is 1.61. The Morgan fingerprint density at radius 2 is 1.96 bits per heavy atom. The summed E-state index contributed by atoms with van der Waals surface area (Å²) >= 11 is 6.00. The van der Waals surface area contributed by atoms with Crippen LogP contribution in [0.1, 0.15) is 23.1 Å². The normalized spacial score (nSPS) is 20.5. The van der Waals surface area contributed by atoms with Gasteiger partial charge < -0.3 is 5.11 Å². The molecular formula is C17H18ClNO3S. The summed E-state index contributed by atoms with van der Waals surface area (Å²) in [5.74, 6) is 0. The van der Waals surface area contributed by atoms with Gasteiger partial charge in [-0.25, -0.2) is 13.1 Å². The van der Waals surface area contributed by atoms with Crippen molar-refractivity contribution in [1.29, 1.82) is 0 Å². The molecule has 4 nitrogen and oxygen atoms in total. The molecule has 2 aromatic rings. The van der Waals surface area contributed by atoms with Crippen molar-refractivity contribution in [2.24, 2.45) is 0 Å². The molecule has 0 fully saturated rings. The highest BCUT2D eigenvalue weighted by Crippen LogP contribution is 2.36. The minimum atomic E-state index is -3.74. The predicted octanol–water partition coefficient (Wildman–Crippen LogP) is 2.76. The number of aliphatic hydroxyl groups is 1. The van der Waals surface area contributed by atoms with E-state index in [0.717, 1.165) is 17.5 Å². The standard InChI is InChI=1S/C17H18ClNO3S/c1-12-15(18)7-4-8-16(12)23(21,22)19-11-17(20)10-9-13-5-2-3-6-14(13)17/h2-8,19-20H,9-11H2,1H3. The first-order valence-corrected chi connectivity index (χ1v) is 9.25. The Morgan fingerprint density at radius 3 is 2.74 bits per heavy atom. The number of fused-ring (bicyclic) bond motifs is 1. The van der Waals surface area contributed by atoms with Gasteiger partial charge >= 0.3 is 0 Å². The molecule has 0 saturated carbocycles. The van der Waals surface area contributed by atoms with Crippen molar-refractivity contribution in [1.82, 2.24) is 4.72 Å². The van der Waals surface area contributed by atoms with Crippen LogP contribution in [0.3, 0.4) is 0 Å². The van der Waals surface area contributed by atoms with E-state index in [9.17, 15) is 13.5 Å². The zero-order chi connectivity index (χ0) is 16.7. The fourth-order valence-electron chi connectivity index (χ4n) is 3.02. The lowest BCUT2D eigenvalue weighted by Crippen LogP contribution is -2.39. The summed E-state index contributed by atoms with van der Waals surface area (Å²) < 4.78 is 27.6. The second-order valence-corrected chi connectivity index (χ2v) is 8.02. The number of halogens is 1. The van der Waals surface area contributed by atoms with Gasteiger partial charge in [0.15, 0.2) is 0 Å². The van der Waals surface area contributed by atoms with Crippen LogP contribution in [0, 0.1) is 6.92 Å². The van der Waals surface area contributed by atoms with Crippen LogP contribution < -0.4 is 4.72 Å². The van der Waals surface area contributed by atoms with Crippen molar-refractivity contribution >= 4 is 21.6 Å². The number of hydrogen-bond acceptors (Lipinski definition) is 3. The Morgan fingerprint density at radius 1 is 1.22 bits per heavy atom. The molecule has 0 spiro atoms. The molecule has 2 aromatic carbocycles. The minimum absolute atomic E-state index is 0.0572. The average molecular weight is 352 g/mol. The number of nitrogens with one attached hydrogen (secondary N) is 1. The monoisotopic (exact) mass is 351 g/mol. The van der Waals surface area contributed by atoms with E-state index >= 15 is 0 Å². The third-order valence-electron chi connectivity index (χ3n) is 4.39. The van der Waals surface area contributed by atoms with Gasteiger partial charge in [-0.15, -0.1) is 0 Å². The van der Waals surface area contributed by atoms with Gasteiger partial charge in [-0.1, -0.05) is 41.9 Å². The summed E-state index contributed by atoms with van der Waals surface area (Å²) in [7, 11) is -3.74. The highest BCUT2D eigenvalue weighted by atomic mass is 35.5. The van der Waals surface area contributed by atoms with Crippen molar-refractivity contribution < 1.29 is 13.5 Å². The molecule has 3 rings (SSSR count). The summed E-state index contributed by atoms with van der Waals surface area (Å²) in [5.41, 5.74) is 1.19. The third kappa shape index (κ3) is 3.02. The van der Waals surface area contributed by atoms with E-state index in [1.807, 2.05) is 24.3 Å². The third-order valence-corrected chi connectivity index (χ3v) is 6.34. The zero-order valence-corrected chi connectivity index (χ0v) is 14.3. The molecule has 1 aliphatic carbocycles. The average Bonchev–Trinajstić information content (AvgIpc) is 2.87. The van der Waals surface area contributed by atoms with Crippen LogP contribution in [0.5, 0.6) is 0 Å². The Balaban J connectivity index is 1.85. The maximum absolute atomic E-state index is 12.5. The van der Waals surface area contributed by atoms with Crippen LogP contribution in [0.25, 0.3) is 0 Å². The Bertz CT molecular complexity index is 851. The zero-order valence-electron chi connectivity index (χ0n) is 12.7. The van der Waals surface area contributed by atoms with Gasteiger partial charge in [0.2, 0.25) is 10.0 Å². The van der Waals surface area contributed by atoms with E-state index in [4.69, 9.17) is 11.6 Å². The fraction of sp³-hybridized carbons (Fsp3) is 0.294. The number of hydrogen-bond donors (Lipinski definition) is 2. The van der Waals surface area contributed by atoms with E-state index in [0.29, 0.717) is 17.0 Å². The van der Waals surface area contributed by atoms with E-state index in [2.05, 4.69) is 4.72 Å². The highest BCUT2D eigenvalue weighted by Gasteiger charge is 2.37. The molecule has 0 amide bonds. The molecule has 6 heteroatoms. The predicted molar refractivity (Wildman–Crippen MR) is 90.0 cm³/mol. The summed E-state index contributed by atoms with van der Waals surface area (Å²) in [4.78, 5) is 0.139. The first-order chi connectivity index (χ1) is 10.8. The Kier molecular flexibility index (Phi) is 4.23. The number of sulfonamides is 1. The first-order valence-electron chi connectivity index (χ1n) is 7.39. The number of benzene rings is 2. The van der Waals surface area contributed by atoms with Crippen LogP contribution in [0.4, 0.5) is 0 Å². The lowest BCUT2D eigenvalue weighted by atomic mass is 9.96. The van der Waals surface area contributed by atoms with Gasteiger partial charge in [0, 0.05) is 11.6 Å². The summed E-state index contributed by atoms with van der Waals surface area (Å²) in [5, 5.41) is 11.2. The van der Waals surface area contributed by atoms with Gasteiger partial charge in [-0.05, 0) is 48.6 Å². The molecule has 23 heavy (non-hydrogen) atoms. The topological polar surface area (TPSA) is 66.4 Å². The van der Waals surface area contributed by atoms with Gasteiger partial charge in [0.1, 0.15) is 5.60 Å². The van der Waals surface area contributed by atoms with Crippen LogP contribution in [-0.4, -0.2) is 20.1 Å². The quantitative estimate of drug-likeness (QED) is 0.890. The summed E-state index contributed by atoms with van der Waals surface area (Å²) in [6, 6.07) is 12.3. The smallest absolute Gasteiger partial charge is 0.240 e. The second kappa shape index (κ2) is 5.91. The van der Waals surface area contributed by atoms with E-state index < -0.39 is 15.6 Å². The van der Waals surface area contributed by atoms with Crippen LogP contribution in [0.2, 0.25) is 5.02 Å². The molecular weight excluding hydrogens is 334 g/mol. The molecule has 0 aromatic heterocycles.